The van der Waals surface area contributed by atoms with Crippen molar-refractivity contribution in [1.29, 1.82) is 0 Å². The van der Waals surface area contributed by atoms with Crippen molar-refractivity contribution < 1.29 is 14.6 Å². The molecule has 1 fully saturated rings. The molecule has 21 heavy (non-hydrogen) atoms. The van der Waals surface area contributed by atoms with E-state index in [0.29, 0.717) is 11.3 Å². The lowest BCUT2D eigenvalue weighted by Gasteiger charge is -2.08. The Morgan fingerprint density at radius 2 is 2.24 bits per heavy atom. The van der Waals surface area contributed by atoms with Gasteiger partial charge in [-0.1, -0.05) is 6.07 Å². The van der Waals surface area contributed by atoms with Crippen LogP contribution >= 0.6 is 0 Å². The average molecular weight is 286 g/mol. The van der Waals surface area contributed by atoms with E-state index in [9.17, 15) is 4.79 Å². The number of nitrogens with zero attached hydrogens (tertiary/aromatic N) is 2. The van der Waals surface area contributed by atoms with Crippen LogP contribution in [0.15, 0.2) is 30.6 Å². The summed E-state index contributed by atoms with van der Waals surface area (Å²) in [5, 5.41) is 13.4. The fourth-order valence-corrected chi connectivity index (χ4v) is 2.44. The SMILES string of the molecule is COc1ccc(-c2cnn(CC3CC3)c2)cc1CC(=O)O. The molecule has 1 aromatic heterocycles. The predicted octanol–water partition coefficient (Wildman–Crippen LogP) is 2.60. The van der Waals surface area contributed by atoms with E-state index < -0.39 is 5.97 Å². The molecule has 0 radical (unpaired) electrons. The van der Waals surface area contributed by atoms with E-state index in [1.807, 2.05) is 35.3 Å². The maximum atomic E-state index is 10.9. The summed E-state index contributed by atoms with van der Waals surface area (Å²) in [6.07, 6.45) is 6.38. The average Bonchev–Trinajstić information content (AvgIpc) is 3.13. The van der Waals surface area contributed by atoms with Gasteiger partial charge in [0.1, 0.15) is 5.75 Å². The molecule has 0 bridgehead atoms. The van der Waals surface area contributed by atoms with Gasteiger partial charge in [-0.15, -0.1) is 0 Å². The molecule has 1 saturated carbocycles. The molecule has 1 heterocycles. The van der Waals surface area contributed by atoms with E-state index in [1.165, 1.54) is 12.8 Å². The molecule has 0 aliphatic heterocycles. The van der Waals surface area contributed by atoms with Gasteiger partial charge in [0.25, 0.3) is 0 Å². The van der Waals surface area contributed by atoms with Crippen molar-refractivity contribution in [2.24, 2.45) is 5.92 Å². The molecular formula is C16H18N2O3. The lowest BCUT2D eigenvalue weighted by molar-refractivity contribution is -0.136. The van der Waals surface area contributed by atoms with Crippen molar-refractivity contribution in [3.63, 3.8) is 0 Å². The minimum atomic E-state index is -0.866. The molecule has 0 saturated heterocycles. The number of aliphatic carboxylic acids is 1. The first-order chi connectivity index (χ1) is 10.2. The zero-order chi connectivity index (χ0) is 14.8. The Hall–Kier alpha value is -2.30. The Labute approximate surface area is 123 Å². The summed E-state index contributed by atoms with van der Waals surface area (Å²) in [6, 6.07) is 5.61. The van der Waals surface area contributed by atoms with Crippen LogP contribution in [-0.4, -0.2) is 28.0 Å². The highest BCUT2D eigenvalue weighted by Crippen LogP contribution is 2.31. The Bertz CT molecular complexity index is 659. The van der Waals surface area contributed by atoms with Crippen LogP contribution in [0.25, 0.3) is 11.1 Å². The number of carboxylic acids is 1. The van der Waals surface area contributed by atoms with Crippen molar-refractivity contribution >= 4 is 5.97 Å². The van der Waals surface area contributed by atoms with Crippen LogP contribution in [0.5, 0.6) is 5.75 Å². The van der Waals surface area contributed by atoms with Crippen LogP contribution in [0.1, 0.15) is 18.4 Å². The molecule has 1 aromatic carbocycles. The summed E-state index contributed by atoms with van der Waals surface area (Å²) < 4.78 is 7.19. The monoisotopic (exact) mass is 286 g/mol. The molecule has 0 spiro atoms. The first-order valence-corrected chi connectivity index (χ1v) is 7.07. The fourth-order valence-electron chi connectivity index (χ4n) is 2.44. The lowest BCUT2D eigenvalue weighted by Crippen LogP contribution is -2.02. The second-order valence-corrected chi connectivity index (χ2v) is 5.49. The Kier molecular flexibility index (Phi) is 3.64. The molecule has 2 aromatic rings. The third kappa shape index (κ3) is 3.24. The number of rotatable bonds is 6. The van der Waals surface area contributed by atoms with Crippen LogP contribution in [0.4, 0.5) is 0 Å². The number of hydrogen-bond acceptors (Lipinski definition) is 3. The quantitative estimate of drug-likeness (QED) is 0.886. The molecule has 0 amide bonds. The van der Waals surface area contributed by atoms with Gasteiger partial charge < -0.3 is 9.84 Å². The highest BCUT2D eigenvalue weighted by molar-refractivity contribution is 5.73. The van der Waals surface area contributed by atoms with Gasteiger partial charge in [0.05, 0.1) is 19.7 Å². The van der Waals surface area contributed by atoms with Crippen LogP contribution in [-0.2, 0) is 17.8 Å². The number of methoxy groups -OCH3 is 1. The Morgan fingerprint density at radius 3 is 2.90 bits per heavy atom. The van der Waals surface area contributed by atoms with E-state index >= 15 is 0 Å². The standard InChI is InChI=1S/C16H18N2O3/c1-21-15-5-4-12(6-13(15)7-16(19)20)14-8-17-18(10-14)9-11-2-3-11/h4-6,8,10-11H,2-3,7,9H2,1H3,(H,19,20). The van der Waals surface area contributed by atoms with E-state index in [1.54, 1.807) is 7.11 Å². The van der Waals surface area contributed by atoms with Gasteiger partial charge in [0.2, 0.25) is 0 Å². The van der Waals surface area contributed by atoms with Crippen molar-refractivity contribution in [2.45, 2.75) is 25.8 Å². The zero-order valence-electron chi connectivity index (χ0n) is 12.0. The van der Waals surface area contributed by atoms with Gasteiger partial charge in [0, 0.05) is 23.9 Å². The summed E-state index contributed by atoms with van der Waals surface area (Å²) in [5.74, 6) is 0.512. The summed E-state index contributed by atoms with van der Waals surface area (Å²) in [4.78, 5) is 10.9. The maximum Gasteiger partial charge on any atom is 0.307 e. The van der Waals surface area contributed by atoms with Gasteiger partial charge in [-0.05, 0) is 36.5 Å². The van der Waals surface area contributed by atoms with E-state index in [0.717, 1.165) is 23.6 Å². The second kappa shape index (κ2) is 5.60. The number of aromatic nitrogens is 2. The van der Waals surface area contributed by atoms with E-state index in [-0.39, 0.29) is 6.42 Å². The molecule has 3 rings (SSSR count). The largest absolute Gasteiger partial charge is 0.496 e. The molecule has 0 unspecified atom stereocenters. The van der Waals surface area contributed by atoms with Gasteiger partial charge >= 0.3 is 5.97 Å². The number of carboxylic acid groups (broad SMARTS) is 1. The molecule has 1 aliphatic carbocycles. The van der Waals surface area contributed by atoms with Gasteiger partial charge in [0.15, 0.2) is 0 Å². The Morgan fingerprint density at radius 1 is 1.43 bits per heavy atom. The van der Waals surface area contributed by atoms with Crippen molar-refractivity contribution in [3.8, 4) is 16.9 Å². The summed E-state index contributed by atoms with van der Waals surface area (Å²) >= 11 is 0. The minimum absolute atomic E-state index is 0.0484. The Balaban J connectivity index is 1.86. The van der Waals surface area contributed by atoms with E-state index in [2.05, 4.69) is 5.10 Å². The molecular weight excluding hydrogens is 268 g/mol. The lowest BCUT2D eigenvalue weighted by atomic mass is 10.0. The molecule has 110 valence electrons. The topological polar surface area (TPSA) is 64.4 Å². The number of ether oxygens (including phenoxy) is 1. The number of benzene rings is 1. The smallest absolute Gasteiger partial charge is 0.307 e. The molecule has 1 N–H and O–H groups in total. The van der Waals surface area contributed by atoms with Gasteiger partial charge in [-0.2, -0.15) is 5.10 Å². The number of hydrogen-bond donors (Lipinski definition) is 1. The van der Waals surface area contributed by atoms with Crippen LogP contribution in [0.3, 0.4) is 0 Å². The van der Waals surface area contributed by atoms with Crippen molar-refractivity contribution in [2.75, 3.05) is 7.11 Å². The number of carbonyl (C=O) groups is 1. The summed E-state index contributed by atoms with van der Waals surface area (Å²) in [5.41, 5.74) is 2.65. The third-order valence-electron chi connectivity index (χ3n) is 3.73. The first-order valence-electron chi connectivity index (χ1n) is 7.07. The highest BCUT2D eigenvalue weighted by Gasteiger charge is 2.22. The summed E-state index contributed by atoms with van der Waals surface area (Å²) in [7, 11) is 1.55. The second-order valence-electron chi connectivity index (χ2n) is 5.49. The normalized spacial score (nSPS) is 14.1. The van der Waals surface area contributed by atoms with Crippen LogP contribution in [0.2, 0.25) is 0 Å². The predicted molar refractivity (Wildman–Crippen MR) is 78.3 cm³/mol. The van der Waals surface area contributed by atoms with Crippen LogP contribution < -0.4 is 4.74 Å². The van der Waals surface area contributed by atoms with E-state index in [4.69, 9.17) is 9.84 Å². The molecule has 5 nitrogen and oxygen atoms in total. The zero-order valence-corrected chi connectivity index (χ0v) is 12.0. The summed E-state index contributed by atoms with van der Waals surface area (Å²) in [6.45, 7) is 0.970. The van der Waals surface area contributed by atoms with Crippen molar-refractivity contribution in [1.82, 2.24) is 9.78 Å². The van der Waals surface area contributed by atoms with Crippen LogP contribution in [0, 0.1) is 5.92 Å². The van der Waals surface area contributed by atoms with Gasteiger partial charge in [-0.25, -0.2) is 0 Å². The molecule has 0 atom stereocenters. The molecule has 1 aliphatic rings. The molecule has 5 heteroatoms. The first kappa shape index (κ1) is 13.7. The van der Waals surface area contributed by atoms with Crippen molar-refractivity contribution in [3.05, 3.63) is 36.2 Å². The third-order valence-corrected chi connectivity index (χ3v) is 3.73. The maximum absolute atomic E-state index is 10.9. The fraction of sp³-hybridized carbons (Fsp3) is 0.375. The highest BCUT2D eigenvalue weighted by atomic mass is 16.5. The van der Waals surface area contributed by atoms with Gasteiger partial charge in [-0.3, -0.25) is 9.48 Å². The minimum Gasteiger partial charge on any atom is -0.496 e.